The number of hydrogen-bond donors (Lipinski definition) is 1. The van der Waals surface area contributed by atoms with Crippen molar-refractivity contribution in [1.29, 1.82) is 0 Å². The van der Waals surface area contributed by atoms with Gasteiger partial charge in [-0.3, -0.25) is 9.69 Å². The van der Waals surface area contributed by atoms with E-state index in [1.54, 1.807) is 6.07 Å². The fraction of sp³-hybridized carbons (Fsp3) is 0.217. The molecule has 148 valence electrons. The maximum atomic E-state index is 13.0. The molecule has 0 spiro atoms. The lowest BCUT2D eigenvalue weighted by Gasteiger charge is -2.35. The van der Waals surface area contributed by atoms with Gasteiger partial charge in [0.05, 0.1) is 4.88 Å². The maximum absolute atomic E-state index is 13.0. The lowest BCUT2D eigenvalue weighted by molar-refractivity contribution is 0.103. The first kappa shape index (κ1) is 19.2. The third-order valence-electron chi connectivity index (χ3n) is 4.95. The average Bonchev–Trinajstić information content (AvgIpc) is 3.26. The summed E-state index contributed by atoms with van der Waals surface area (Å²) in [7, 11) is 0. The molecule has 1 saturated heterocycles. The lowest BCUT2D eigenvalue weighted by Crippen LogP contribution is -2.49. The number of thiophene rings is 1. The molecule has 0 bridgehead atoms. The molecular formula is C23H23N3O2S. The number of anilines is 2. The van der Waals surface area contributed by atoms with Gasteiger partial charge in [0.15, 0.2) is 0 Å². The number of aryl methyl sites for hydroxylation is 1. The van der Waals surface area contributed by atoms with Gasteiger partial charge in [-0.25, -0.2) is 4.79 Å². The van der Waals surface area contributed by atoms with Gasteiger partial charge in [0.25, 0.3) is 5.91 Å². The maximum Gasteiger partial charge on any atom is 0.324 e. The first-order valence-corrected chi connectivity index (χ1v) is 10.5. The molecule has 0 aliphatic carbocycles. The van der Waals surface area contributed by atoms with Gasteiger partial charge >= 0.3 is 6.03 Å². The zero-order valence-corrected chi connectivity index (χ0v) is 17.1. The Bertz CT molecular complexity index is 999. The largest absolute Gasteiger partial charge is 0.324 e. The van der Waals surface area contributed by atoms with E-state index in [0.717, 1.165) is 24.2 Å². The second-order valence-corrected chi connectivity index (χ2v) is 8.12. The summed E-state index contributed by atoms with van der Waals surface area (Å²) < 4.78 is 0. The van der Waals surface area contributed by atoms with Crippen molar-refractivity contribution < 1.29 is 9.59 Å². The molecule has 2 aromatic carbocycles. The fourth-order valence-electron chi connectivity index (χ4n) is 3.52. The van der Waals surface area contributed by atoms with Crippen LogP contribution in [0.15, 0.2) is 66.0 Å². The molecule has 2 heterocycles. The van der Waals surface area contributed by atoms with Crippen LogP contribution in [0.25, 0.3) is 0 Å². The summed E-state index contributed by atoms with van der Waals surface area (Å²) in [5, 5.41) is 4.77. The van der Waals surface area contributed by atoms with Crippen molar-refractivity contribution >= 4 is 34.6 Å². The Hall–Kier alpha value is -3.12. The van der Waals surface area contributed by atoms with Crippen molar-refractivity contribution in [2.45, 2.75) is 19.9 Å². The molecule has 1 N–H and O–H groups in total. The summed E-state index contributed by atoms with van der Waals surface area (Å²) in [5.74, 6) is -0.119. The number of carbonyl (C=O) groups is 2. The Morgan fingerprint density at radius 1 is 1.07 bits per heavy atom. The van der Waals surface area contributed by atoms with E-state index in [9.17, 15) is 9.59 Å². The van der Waals surface area contributed by atoms with Crippen LogP contribution in [0.3, 0.4) is 0 Å². The van der Waals surface area contributed by atoms with Crippen LogP contribution in [0.1, 0.15) is 27.2 Å². The third kappa shape index (κ3) is 4.49. The van der Waals surface area contributed by atoms with Crippen molar-refractivity contribution in [1.82, 2.24) is 4.90 Å². The van der Waals surface area contributed by atoms with Crippen molar-refractivity contribution in [3.8, 4) is 0 Å². The van der Waals surface area contributed by atoms with Crippen LogP contribution in [0.4, 0.5) is 16.2 Å². The van der Waals surface area contributed by atoms with Crippen LogP contribution in [0, 0.1) is 6.92 Å². The smallest absolute Gasteiger partial charge is 0.321 e. The summed E-state index contributed by atoms with van der Waals surface area (Å²) in [6.45, 7) is 4.14. The fourth-order valence-corrected chi connectivity index (χ4v) is 4.14. The molecule has 0 saturated carbocycles. The molecule has 0 unspecified atom stereocenters. The molecule has 1 aliphatic rings. The molecule has 1 aliphatic heterocycles. The number of urea groups is 1. The highest BCUT2D eigenvalue weighted by atomic mass is 32.1. The molecular weight excluding hydrogens is 382 g/mol. The van der Waals surface area contributed by atoms with E-state index < -0.39 is 0 Å². The standard InChI is InChI=1S/C23H23N3O2S/c1-17-5-2-6-18(15-17)16-25-12-4-13-26(23(25)28)20-10-8-19(9-11-20)24-22(27)21-7-3-14-29-21/h2-3,5-11,14-15H,4,12-13,16H2,1H3,(H,24,27). The minimum atomic E-state index is -0.119. The summed E-state index contributed by atoms with van der Waals surface area (Å²) >= 11 is 1.41. The molecule has 3 aromatic rings. The molecule has 29 heavy (non-hydrogen) atoms. The van der Waals surface area contributed by atoms with E-state index in [1.807, 2.05) is 51.6 Å². The van der Waals surface area contributed by atoms with Crippen LogP contribution in [-0.4, -0.2) is 29.9 Å². The topological polar surface area (TPSA) is 52.6 Å². The predicted molar refractivity (Wildman–Crippen MR) is 118 cm³/mol. The highest BCUT2D eigenvalue weighted by molar-refractivity contribution is 7.12. The van der Waals surface area contributed by atoms with Crippen molar-refractivity contribution in [3.63, 3.8) is 0 Å². The molecule has 3 amide bonds. The molecule has 1 aromatic heterocycles. The predicted octanol–water partition coefficient (Wildman–Crippen LogP) is 5.14. The summed E-state index contributed by atoms with van der Waals surface area (Å²) in [5.41, 5.74) is 3.90. The zero-order chi connectivity index (χ0) is 20.2. The van der Waals surface area contributed by atoms with Crippen molar-refractivity contribution in [2.75, 3.05) is 23.3 Å². The van der Waals surface area contributed by atoms with Gasteiger partial charge in [0.2, 0.25) is 0 Å². The van der Waals surface area contributed by atoms with Gasteiger partial charge in [0, 0.05) is 31.0 Å². The summed E-state index contributed by atoms with van der Waals surface area (Å²) in [4.78, 5) is 29.6. The Morgan fingerprint density at radius 3 is 2.62 bits per heavy atom. The highest BCUT2D eigenvalue weighted by Gasteiger charge is 2.26. The monoisotopic (exact) mass is 405 g/mol. The average molecular weight is 406 g/mol. The van der Waals surface area contributed by atoms with Gasteiger partial charge in [-0.05, 0) is 54.6 Å². The van der Waals surface area contributed by atoms with Crippen molar-refractivity contribution in [3.05, 3.63) is 82.0 Å². The van der Waals surface area contributed by atoms with Crippen LogP contribution in [-0.2, 0) is 6.54 Å². The van der Waals surface area contributed by atoms with Crippen molar-refractivity contribution in [2.24, 2.45) is 0 Å². The van der Waals surface area contributed by atoms with Crippen LogP contribution in [0.5, 0.6) is 0 Å². The Labute approximate surface area is 174 Å². The molecule has 4 rings (SSSR count). The highest BCUT2D eigenvalue weighted by Crippen LogP contribution is 2.24. The van der Waals surface area contributed by atoms with Gasteiger partial charge in [-0.15, -0.1) is 11.3 Å². The van der Waals surface area contributed by atoms with Gasteiger partial charge in [-0.1, -0.05) is 35.9 Å². The lowest BCUT2D eigenvalue weighted by atomic mass is 10.1. The quantitative estimate of drug-likeness (QED) is 0.639. The summed E-state index contributed by atoms with van der Waals surface area (Å²) in [6.07, 6.45) is 0.925. The van der Waals surface area contributed by atoms with Gasteiger partial charge < -0.3 is 10.2 Å². The van der Waals surface area contributed by atoms with E-state index in [-0.39, 0.29) is 11.9 Å². The SMILES string of the molecule is Cc1cccc(CN2CCCN(c3ccc(NC(=O)c4cccs4)cc3)C2=O)c1. The minimum Gasteiger partial charge on any atom is -0.321 e. The molecule has 5 nitrogen and oxygen atoms in total. The van der Waals surface area contributed by atoms with E-state index in [0.29, 0.717) is 23.7 Å². The number of benzene rings is 2. The number of amides is 3. The second-order valence-electron chi connectivity index (χ2n) is 7.18. The third-order valence-corrected chi connectivity index (χ3v) is 5.82. The number of nitrogens with zero attached hydrogens (tertiary/aromatic N) is 2. The Balaban J connectivity index is 1.43. The van der Waals surface area contributed by atoms with E-state index in [4.69, 9.17) is 0 Å². The molecule has 0 atom stereocenters. The van der Waals surface area contributed by atoms with Gasteiger partial charge in [-0.2, -0.15) is 0 Å². The summed E-state index contributed by atoms with van der Waals surface area (Å²) in [6, 6.07) is 19.4. The van der Waals surface area contributed by atoms with Gasteiger partial charge in [0.1, 0.15) is 0 Å². The van der Waals surface area contributed by atoms with E-state index >= 15 is 0 Å². The molecule has 1 fully saturated rings. The Kier molecular flexibility index (Phi) is 5.62. The van der Waals surface area contributed by atoms with Crippen LogP contribution < -0.4 is 10.2 Å². The number of rotatable bonds is 5. The van der Waals surface area contributed by atoms with E-state index in [1.165, 1.54) is 16.9 Å². The molecule has 0 radical (unpaired) electrons. The Morgan fingerprint density at radius 2 is 1.90 bits per heavy atom. The normalized spacial score (nSPS) is 14.2. The first-order valence-electron chi connectivity index (χ1n) is 9.67. The first-order chi connectivity index (χ1) is 14.1. The number of hydrogen-bond acceptors (Lipinski definition) is 3. The number of nitrogens with one attached hydrogen (secondary N) is 1. The zero-order valence-electron chi connectivity index (χ0n) is 16.3. The van der Waals surface area contributed by atoms with Crippen LogP contribution in [0.2, 0.25) is 0 Å². The second kappa shape index (κ2) is 8.49. The molecule has 6 heteroatoms. The van der Waals surface area contributed by atoms with Crippen LogP contribution >= 0.6 is 11.3 Å². The van der Waals surface area contributed by atoms with E-state index in [2.05, 4.69) is 30.4 Å². The minimum absolute atomic E-state index is 0.0214. The number of carbonyl (C=O) groups excluding carboxylic acids is 2.